The molecule has 0 radical (unpaired) electrons. The van der Waals surface area contributed by atoms with Crippen molar-refractivity contribution in [2.75, 3.05) is 0 Å². The van der Waals surface area contributed by atoms with E-state index in [1.54, 1.807) is 0 Å². The highest BCUT2D eigenvalue weighted by atomic mass is 15.2. The Kier molecular flexibility index (Phi) is 3.60. The fourth-order valence-corrected chi connectivity index (χ4v) is 3.17. The highest BCUT2D eigenvalue weighted by Crippen LogP contribution is 2.32. The van der Waals surface area contributed by atoms with Gasteiger partial charge in [0.25, 0.3) is 0 Å². The van der Waals surface area contributed by atoms with Crippen molar-refractivity contribution in [1.29, 1.82) is 0 Å². The standard InChI is InChI=1S/C18H22N2/c1-13-7-9-15(10-8-13)18(14(2)19)20-11-16-5-3-4-6-17(16)12-20/h3-10,14,18H,11-12,19H2,1-2H3. The van der Waals surface area contributed by atoms with E-state index in [9.17, 15) is 0 Å². The SMILES string of the molecule is Cc1ccc(C(C(C)N)N2Cc3ccccc3C2)cc1. The molecule has 1 aliphatic heterocycles. The Hall–Kier alpha value is -1.64. The number of hydrogen-bond donors (Lipinski definition) is 1. The van der Waals surface area contributed by atoms with Crippen molar-refractivity contribution < 1.29 is 0 Å². The van der Waals surface area contributed by atoms with Gasteiger partial charge in [0.1, 0.15) is 0 Å². The molecule has 2 aromatic carbocycles. The fourth-order valence-electron chi connectivity index (χ4n) is 3.17. The lowest BCUT2D eigenvalue weighted by Crippen LogP contribution is -2.36. The van der Waals surface area contributed by atoms with Gasteiger partial charge in [0.15, 0.2) is 0 Å². The minimum Gasteiger partial charge on any atom is -0.326 e. The molecule has 0 amide bonds. The second-order valence-corrected chi connectivity index (χ2v) is 5.89. The number of nitrogens with zero attached hydrogens (tertiary/aromatic N) is 1. The van der Waals surface area contributed by atoms with Crippen LogP contribution < -0.4 is 5.73 Å². The van der Waals surface area contributed by atoms with Gasteiger partial charge in [-0.15, -0.1) is 0 Å². The van der Waals surface area contributed by atoms with Crippen LogP contribution in [0.5, 0.6) is 0 Å². The van der Waals surface area contributed by atoms with Crippen molar-refractivity contribution in [2.24, 2.45) is 5.73 Å². The van der Waals surface area contributed by atoms with Crippen LogP contribution in [0.3, 0.4) is 0 Å². The molecule has 0 saturated heterocycles. The monoisotopic (exact) mass is 266 g/mol. The molecule has 2 atom stereocenters. The summed E-state index contributed by atoms with van der Waals surface area (Å²) in [6.45, 7) is 6.22. The van der Waals surface area contributed by atoms with E-state index < -0.39 is 0 Å². The molecule has 0 saturated carbocycles. The zero-order chi connectivity index (χ0) is 14.1. The van der Waals surface area contributed by atoms with E-state index in [2.05, 4.69) is 67.3 Å². The predicted octanol–water partition coefficient (Wildman–Crippen LogP) is 3.40. The average Bonchev–Trinajstić information content (AvgIpc) is 2.84. The van der Waals surface area contributed by atoms with Gasteiger partial charge in [0.2, 0.25) is 0 Å². The molecule has 0 spiro atoms. The molecule has 1 heterocycles. The molecule has 2 aromatic rings. The Morgan fingerprint density at radius 2 is 1.50 bits per heavy atom. The Morgan fingerprint density at radius 1 is 0.950 bits per heavy atom. The number of aryl methyl sites for hydroxylation is 1. The third kappa shape index (κ3) is 2.49. The Balaban J connectivity index is 1.88. The van der Waals surface area contributed by atoms with Crippen LogP contribution >= 0.6 is 0 Å². The maximum Gasteiger partial charge on any atom is 0.0503 e. The van der Waals surface area contributed by atoms with Crippen LogP contribution in [0.15, 0.2) is 48.5 Å². The average molecular weight is 266 g/mol. The summed E-state index contributed by atoms with van der Waals surface area (Å²) in [5, 5.41) is 0. The zero-order valence-corrected chi connectivity index (χ0v) is 12.2. The van der Waals surface area contributed by atoms with Gasteiger partial charge < -0.3 is 5.73 Å². The summed E-state index contributed by atoms with van der Waals surface area (Å²) < 4.78 is 0. The van der Waals surface area contributed by atoms with E-state index >= 15 is 0 Å². The molecule has 3 rings (SSSR count). The molecule has 0 bridgehead atoms. The van der Waals surface area contributed by atoms with E-state index in [4.69, 9.17) is 5.73 Å². The highest BCUT2D eigenvalue weighted by Gasteiger charge is 2.28. The smallest absolute Gasteiger partial charge is 0.0503 e. The minimum absolute atomic E-state index is 0.118. The molecule has 2 heteroatoms. The van der Waals surface area contributed by atoms with Crippen molar-refractivity contribution in [3.63, 3.8) is 0 Å². The maximum absolute atomic E-state index is 6.28. The first-order valence-corrected chi connectivity index (χ1v) is 7.28. The van der Waals surface area contributed by atoms with Gasteiger partial charge in [-0.2, -0.15) is 0 Å². The summed E-state index contributed by atoms with van der Waals surface area (Å²) in [7, 11) is 0. The Morgan fingerprint density at radius 3 is 2.00 bits per heavy atom. The van der Waals surface area contributed by atoms with Crippen LogP contribution in [0, 0.1) is 6.92 Å². The molecule has 2 unspecified atom stereocenters. The third-order valence-corrected chi connectivity index (χ3v) is 4.18. The molecular formula is C18H22N2. The molecule has 0 fully saturated rings. The molecule has 0 aliphatic carbocycles. The summed E-state index contributed by atoms with van der Waals surface area (Å²) in [4.78, 5) is 2.49. The quantitative estimate of drug-likeness (QED) is 0.922. The number of hydrogen-bond acceptors (Lipinski definition) is 2. The van der Waals surface area contributed by atoms with Crippen LogP contribution in [0.1, 0.15) is 35.2 Å². The largest absolute Gasteiger partial charge is 0.326 e. The second-order valence-electron chi connectivity index (χ2n) is 5.89. The van der Waals surface area contributed by atoms with E-state index in [-0.39, 0.29) is 12.1 Å². The van der Waals surface area contributed by atoms with Crippen molar-refractivity contribution in [3.8, 4) is 0 Å². The van der Waals surface area contributed by atoms with Gasteiger partial charge in [0.05, 0.1) is 6.04 Å². The lowest BCUT2D eigenvalue weighted by molar-refractivity contribution is 0.178. The van der Waals surface area contributed by atoms with Crippen molar-refractivity contribution in [2.45, 2.75) is 39.0 Å². The normalized spacial score (nSPS) is 17.8. The summed E-state index contributed by atoms with van der Waals surface area (Å²) in [5.74, 6) is 0. The maximum atomic E-state index is 6.28. The molecule has 20 heavy (non-hydrogen) atoms. The number of nitrogens with two attached hydrogens (primary N) is 1. The van der Waals surface area contributed by atoms with E-state index in [0.717, 1.165) is 13.1 Å². The first-order valence-electron chi connectivity index (χ1n) is 7.28. The van der Waals surface area contributed by atoms with Crippen LogP contribution in [-0.2, 0) is 13.1 Å². The Bertz CT molecular complexity index is 562. The Labute approximate surface area is 121 Å². The van der Waals surface area contributed by atoms with Gasteiger partial charge >= 0.3 is 0 Å². The predicted molar refractivity (Wildman–Crippen MR) is 83.3 cm³/mol. The minimum atomic E-state index is 0.118. The molecule has 2 N–H and O–H groups in total. The first-order chi connectivity index (χ1) is 9.65. The molecule has 1 aliphatic rings. The summed E-state index contributed by atoms with van der Waals surface area (Å²) in [5.41, 5.74) is 11.8. The summed E-state index contributed by atoms with van der Waals surface area (Å²) in [6, 6.07) is 17.9. The lowest BCUT2D eigenvalue weighted by atomic mass is 9.98. The summed E-state index contributed by atoms with van der Waals surface area (Å²) in [6.07, 6.45) is 0. The fraction of sp³-hybridized carbons (Fsp3) is 0.333. The molecule has 2 nitrogen and oxygen atoms in total. The van der Waals surface area contributed by atoms with Gasteiger partial charge in [-0.3, -0.25) is 4.90 Å². The van der Waals surface area contributed by atoms with E-state index in [1.807, 2.05) is 0 Å². The van der Waals surface area contributed by atoms with Gasteiger partial charge in [-0.05, 0) is 30.5 Å². The van der Waals surface area contributed by atoms with Gasteiger partial charge in [-0.25, -0.2) is 0 Å². The van der Waals surface area contributed by atoms with Crippen LogP contribution in [0.25, 0.3) is 0 Å². The highest BCUT2D eigenvalue weighted by molar-refractivity contribution is 5.32. The van der Waals surface area contributed by atoms with Crippen LogP contribution in [0.2, 0.25) is 0 Å². The zero-order valence-electron chi connectivity index (χ0n) is 12.2. The number of benzene rings is 2. The van der Waals surface area contributed by atoms with Crippen molar-refractivity contribution >= 4 is 0 Å². The lowest BCUT2D eigenvalue weighted by Gasteiger charge is -2.31. The van der Waals surface area contributed by atoms with Crippen LogP contribution in [-0.4, -0.2) is 10.9 Å². The number of rotatable bonds is 3. The van der Waals surface area contributed by atoms with Gasteiger partial charge in [0, 0.05) is 19.1 Å². The molecular weight excluding hydrogens is 244 g/mol. The van der Waals surface area contributed by atoms with E-state index in [1.165, 1.54) is 22.3 Å². The topological polar surface area (TPSA) is 29.3 Å². The first kappa shape index (κ1) is 13.3. The summed E-state index contributed by atoms with van der Waals surface area (Å²) >= 11 is 0. The van der Waals surface area contributed by atoms with Crippen molar-refractivity contribution in [3.05, 3.63) is 70.8 Å². The van der Waals surface area contributed by atoms with Crippen molar-refractivity contribution in [1.82, 2.24) is 4.90 Å². The third-order valence-electron chi connectivity index (χ3n) is 4.18. The molecule has 104 valence electrons. The van der Waals surface area contributed by atoms with E-state index in [0.29, 0.717) is 0 Å². The van der Waals surface area contributed by atoms with Gasteiger partial charge in [-0.1, -0.05) is 54.1 Å². The van der Waals surface area contributed by atoms with Crippen LogP contribution in [0.4, 0.5) is 0 Å². The molecule has 0 aromatic heterocycles. The number of fused-ring (bicyclic) bond motifs is 1. The second kappa shape index (κ2) is 5.39.